The van der Waals surface area contributed by atoms with E-state index in [1.165, 1.54) is 24.8 Å². The molecule has 1 N–H and O–H groups in total. The highest BCUT2D eigenvalue weighted by atomic mass is 19.1. The molecule has 2 nitrogen and oxygen atoms in total. The number of likely N-dealkylation sites (tertiary alicyclic amines) is 1. The third kappa shape index (κ3) is 2.17. The Kier molecular flexibility index (Phi) is 3.12. The van der Waals surface area contributed by atoms with Crippen LogP contribution in [0.3, 0.4) is 0 Å². The average molecular weight is 249 g/mol. The summed E-state index contributed by atoms with van der Waals surface area (Å²) < 4.78 is 13.0. The molecule has 98 valence electrons. The summed E-state index contributed by atoms with van der Waals surface area (Å²) >= 11 is 0. The fourth-order valence-electron chi connectivity index (χ4n) is 3.19. The highest BCUT2D eigenvalue weighted by Crippen LogP contribution is 2.49. The molecule has 0 aromatic heterocycles. The predicted molar refractivity (Wildman–Crippen MR) is 69.0 cm³/mol. The Morgan fingerprint density at radius 1 is 1.28 bits per heavy atom. The van der Waals surface area contributed by atoms with Gasteiger partial charge in [0.25, 0.3) is 0 Å². The summed E-state index contributed by atoms with van der Waals surface area (Å²) in [6, 6.07) is 7.30. The lowest BCUT2D eigenvalue weighted by atomic mass is 9.95. The number of aliphatic hydroxyl groups is 1. The zero-order valence-corrected chi connectivity index (χ0v) is 10.6. The van der Waals surface area contributed by atoms with Gasteiger partial charge in [-0.2, -0.15) is 0 Å². The van der Waals surface area contributed by atoms with E-state index in [1.54, 1.807) is 12.1 Å². The van der Waals surface area contributed by atoms with Crippen molar-refractivity contribution in [2.45, 2.75) is 37.1 Å². The zero-order valence-electron chi connectivity index (χ0n) is 10.6. The summed E-state index contributed by atoms with van der Waals surface area (Å²) in [6.07, 6.45) is 4.67. The standard InChI is InChI=1S/C15H20FNO/c16-13-5-3-12(4-6-13)15(7-8-15)11-17-9-1-2-14(17)10-18/h3-6,14,18H,1-2,7-11H2/t14-/m0/s1. The van der Waals surface area contributed by atoms with Crippen LogP contribution in [0, 0.1) is 5.82 Å². The Hall–Kier alpha value is -0.930. The van der Waals surface area contributed by atoms with Crippen molar-refractivity contribution in [1.82, 2.24) is 4.90 Å². The minimum atomic E-state index is -0.163. The Labute approximate surface area is 107 Å². The Morgan fingerprint density at radius 3 is 2.61 bits per heavy atom. The minimum Gasteiger partial charge on any atom is -0.395 e. The van der Waals surface area contributed by atoms with Gasteiger partial charge in [-0.05, 0) is 49.9 Å². The van der Waals surface area contributed by atoms with Crippen molar-refractivity contribution in [1.29, 1.82) is 0 Å². The molecule has 2 fully saturated rings. The first-order valence-electron chi connectivity index (χ1n) is 6.84. The van der Waals surface area contributed by atoms with Crippen LogP contribution in [0.2, 0.25) is 0 Å². The predicted octanol–water partition coefficient (Wildman–Crippen LogP) is 2.31. The maximum atomic E-state index is 13.0. The molecule has 1 aromatic rings. The number of hydrogen-bond donors (Lipinski definition) is 1. The van der Waals surface area contributed by atoms with Gasteiger partial charge in [0.05, 0.1) is 6.61 Å². The molecule has 1 aliphatic heterocycles. The number of rotatable bonds is 4. The summed E-state index contributed by atoms with van der Waals surface area (Å²) in [6.45, 7) is 2.37. The second kappa shape index (κ2) is 4.63. The van der Waals surface area contributed by atoms with Crippen molar-refractivity contribution in [3.8, 4) is 0 Å². The van der Waals surface area contributed by atoms with Crippen LogP contribution in [0.5, 0.6) is 0 Å². The topological polar surface area (TPSA) is 23.5 Å². The molecular weight excluding hydrogens is 229 g/mol. The summed E-state index contributed by atoms with van der Waals surface area (Å²) in [5.41, 5.74) is 1.48. The molecule has 1 atom stereocenters. The second-order valence-electron chi connectivity index (χ2n) is 5.74. The molecular formula is C15H20FNO. The van der Waals surface area contributed by atoms with Gasteiger partial charge < -0.3 is 5.11 Å². The third-order valence-electron chi connectivity index (χ3n) is 4.53. The fraction of sp³-hybridized carbons (Fsp3) is 0.600. The smallest absolute Gasteiger partial charge is 0.123 e. The highest BCUT2D eigenvalue weighted by Gasteiger charge is 2.46. The lowest BCUT2D eigenvalue weighted by molar-refractivity contribution is 0.149. The van der Waals surface area contributed by atoms with Crippen molar-refractivity contribution in [2.24, 2.45) is 0 Å². The highest BCUT2D eigenvalue weighted by molar-refractivity contribution is 5.32. The lowest BCUT2D eigenvalue weighted by Gasteiger charge is -2.28. The zero-order chi connectivity index (χ0) is 12.6. The van der Waals surface area contributed by atoms with Crippen LogP contribution in [0.4, 0.5) is 4.39 Å². The van der Waals surface area contributed by atoms with Gasteiger partial charge in [-0.15, -0.1) is 0 Å². The molecule has 0 amide bonds. The molecule has 1 aromatic carbocycles. The summed E-state index contributed by atoms with van der Waals surface area (Å²) in [5.74, 6) is -0.163. The van der Waals surface area contributed by atoms with E-state index >= 15 is 0 Å². The van der Waals surface area contributed by atoms with Crippen LogP contribution >= 0.6 is 0 Å². The van der Waals surface area contributed by atoms with E-state index in [1.807, 2.05) is 12.1 Å². The Morgan fingerprint density at radius 2 is 2.00 bits per heavy atom. The van der Waals surface area contributed by atoms with Crippen molar-refractivity contribution < 1.29 is 9.50 Å². The van der Waals surface area contributed by atoms with E-state index in [9.17, 15) is 9.50 Å². The normalized spacial score (nSPS) is 26.4. The molecule has 2 aliphatic rings. The van der Waals surface area contributed by atoms with Gasteiger partial charge in [-0.1, -0.05) is 12.1 Å². The van der Waals surface area contributed by atoms with Crippen LogP contribution in [-0.4, -0.2) is 35.7 Å². The molecule has 0 spiro atoms. The van der Waals surface area contributed by atoms with E-state index in [0.29, 0.717) is 6.04 Å². The number of aliphatic hydroxyl groups excluding tert-OH is 1. The third-order valence-corrected chi connectivity index (χ3v) is 4.53. The van der Waals surface area contributed by atoms with Gasteiger partial charge in [0, 0.05) is 18.0 Å². The molecule has 1 saturated carbocycles. The number of benzene rings is 1. The van der Waals surface area contributed by atoms with E-state index in [4.69, 9.17) is 0 Å². The summed E-state index contributed by atoms with van der Waals surface area (Å²) in [5, 5.41) is 9.37. The van der Waals surface area contributed by atoms with Crippen LogP contribution in [0.25, 0.3) is 0 Å². The Bertz CT molecular complexity index is 413. The van der Waals surface area contributed by atoms with Gasteiger partial charge >= 0.3 is 0 Å². The largest absolute Gasteiger partial charge is 0.395 e. The Balaban J connectivity index is 1.73. The second-order valence-corrected chi connectivity index (χ2v) is 5.74. The number of hydrogen-bond acceptors (Lipinski definition) is 2. The molecule has 1 aliphatic carbocycles. The van der Waals surface area contributed by atoms with Crippen molar-refractivity contribution >= 4 is 0 Å². The van der Waals surface area contributed by atoms with Crippen LogP contribution < -0.4 is 0 Å². The van der Waals surface area contributed by atoms with Crippen LogP contribution in [-0.2, 0) is 5.41 Å². The molecule has 3 heteroatoms. The molecule has 1 saturated heterocycles. The van der Waals surface area contributed by atoms with Gasteiger partial charge in [-0.25, -0.2) is 4.39 Å². The van der Waals surface area contributed by atoms with E-state index in [0.717, 1.165) is 19.5 Å². The average Bonchev–Trinajstić information content (AvgIpc) is 3.02. The quantitative estimate of drug-likeness (QED) is 0.885. The van der Waals surface area contributed by atoms with Crippen LogP contribution in [0.15, 0.2) is 24.3 Å². The summed E-state index contributed by atoms with van der Waals surface area (Å²) in [4.78, 5) is 2.41. The van der Waals surface area contributed by atoms with E-state index in [-0.39, 0.29) is 17.8 Å². The minimum absolute atomic E-state index is 0.163. The van der Waals surface area contributed by atoms with Gasteiger partial charge in [0.15, 0.2) is 0 Å². The van der Waals surface area contributed by atoms with Crippen molar-refractivity contribution in [3.63, 3.8) is 0 Å². The maximum absolute atomic E-state index is 13.0. The van der Waals surface area contributed by atoms with Gasteiger partial charge in [0.1, 0.15) is 5.82 Å². The number of nitrogens with zero attached hydrogens (tertiary/aromatic N) is 1. The van der Waals surface area contributed by atoms with Gasteiger partial charge in [-0.3, -0.25) is 4.90 Å². The first kappa shape index (κ1) is 12.1. The fourth-order valence-corrected chi connectivity index (χ4v) is 3.19. The van der Waals surface area contributed by atoms with Gasteiger partial charge in [0.2, 0.25) is 0 Å². The van der Waals surface area contributed by atoms with E-state index in [2.05, 4.69) is 4.90 Å². The monoisotopic (exact) mass is 249 g/mol. The van der Waals surface area contributed by atoms with Crippen molar-refractivity contribution in [3.05, 3.63) is 35.6 Å². The lowest BCUT2D eigenvalue weighted by Crippen LogP contribution is -2.38. The molecule has 1 heterocycles. The van der Waals surface area contributed by atoms with Crippen LogP contribution in [0.1, 0.15) is 31.2 Å². The molecule has 18 heavy (non-hydrogen) atoms. The number of halogens is 1. The SMILES string of the molecule is OC[C@@H]1CCCN1CC1(c2ccc(F)cc2)CC1. The van der Waals surface area contributed by atoms with Crippen molar-refractivity contribution in [2.75, 3.05) is 19.7 Å². The molecule has 0 unspecified atom stereocenters. The first-order chi connectivity index (χ1) is 8.73. The maximum Gasteiger partial charge on any atom is 0.123 e. The molecule has 0 radical (unpaired) electrons. The first-order valence-corrected chi connectivity index (χ1v) is 6.84. The van der Waals surface area contributed by atoms with E-state index < -0.39 is 0 Å². The summed E-state index contributed by atoms with van der Waals surface area (Å²) in [7, 11) is 0. The molecule has 0 bridgehead atoms. The molecule has 3 rings (SSSR count).